The van der Waals surface area contributed by atoms with Crippen molar-refractivity contribution in [3.8, 4) is 22.3 Å². The summed E-state index contributed by atoms with van der Waals surface area (Å²) in [6, 6.07) is 34.3. The molecule has 4 heteroatoms. The molecule has 4 aliphatic carbocycles. The van der Waals surface area contributed by atoms with Crippen molar-refractivity contribution in [2.24, 2.45) is 11.8 Å². The Balaban J connectivity index is 1.33. The molecule has 4 aromatic rings. The summed E-state index contributed by atoms with van der Waals surface area (Å²) in [5.41, 5.74) is 17.1. The van der Waals surface area contributed by atoms with Crippen LogP contribution in [0.5, 0.6) is 0 Å². The Kier molecular flexibility index (Phi) is 12.1. The molecule has 0 nitrogen and oxygen atoms in total. The summed E-state index contributed by atoms with van der Waals surface area (Å²) in [6.07, 6.45) is 19.4. The molecule has 0 aliphatic heterocycles. The molecule has 3 atom stereocenters. The number of hydrogen-bond acceptors (Lipinski definition) is 0. The van der Waals surface area contributed by atoms with Crippen molar-refractivity contribution in [2.45, 2.75) is 150 Å². The second kappa shape index (κ2) is 16.4. The molecule has 0 spiro atoms. The van der Waals surface area contributed by atoms with Gasteiger partial charge in [-0.25, -0.2) is 0 Å². The van der Waals surface area contributed by atoms with Gasteiger partial charge in [0.15, 0.2) is 0 Å². The normalized spacial score (nSPS) is 21.4. The van der Waals surface area contributed by atoms with Crippen LogP contribution in [0.25, 0.3) is 34.4 Å². The second-order valence-electron chi connectivity index (χ2n) is 21.2. The molecule has 0 aromatic heterocycles. The zero-order valence-electron chi connectivity index (χ0n) is 36.9. The Morgan fingerprint density at radius 1 is 0.569 bits per heavy atom. The second-order valence-corrected chi connectivity index (χ2v) is 62.5. The van der Waals surface area contributed by atoms with Gasteiger partial charge >= 0.3 is 364 Å². The molecule has 2 fully saturated rings. The fraction of sp³-hybridized carbons (Fsp3) is 0.481. The third kappa shape index (κ3) is 7.86. The van der Waals surface area contributed by atoms with Crippen molar-refractivity contribution in [2.75, 3.05) is 0 Å². The zero-order chi connectivity index (χ0) is 41.1. The molecule has 0 amide bonds. The SMILES string of the molecule is CCC[SiH](C)[Zr]([Cl])([Cl])([CH]1C(CC2CCCC2)=Cc2c(-c3ccc(C(C)(C)C)cc3)cccc21)[CH]1C(CC2CCCC2)=Cc2c(-c3ccc(C(C)(C)C)cc3)cccc21. The summed E-state index contributed by atoms with van der Waals surface area (Å²) in [5, 5.41) is 0. The van der Waals surface area contributed by atoms with Crippen LogP contribution >= 0.6 is 17.0 Å². The van der Waals surface area contributed by atoms with E-state index in [-0.39, 0.29) is 18.1 Å². The van der Waals surface area contributed by atoms with Crippen molar-refractivity contribution in [1.82, 2.24) is 0 Å². The molecule has 58 heavy (non-hydrogen) atoms. The topological polar surface area (TPSA) is 0 Å². The number of fused-ring (bicyclic) bond motifs is 2. The zero-order valence-corrected chi connectivity index (χ0v) is 42.0. The van der Waals surface area contributed by atoms with E-state index in [9.17, 15) is 17.0 Å². The standard InChI is InChI=1S/2C25H29.C4H11Si.2ClH.Zr/c2*1-25(2,3)22-13-11-20(12-14-22)23-10-6-9-21-16-19(17-24(21)23)15-18-7-4-5-8-18;1-3-4-5-2;;;/h2*6,9-14,16-18H,4-5,7-8,15H2,1-3H3;5H,3-4H2,1-2H3;2*1H;/q;;;;;+2/p-2. The van der Waals surface area contributed by atoms with Gasteiger partial charge in [-0.15, -0.1) is 0 Å². The van der Waals surface area contributed by atoms with Gasteiger partial charge in [-0.1, -0.05) is 0 Å². The predicted molar refractivity (Wildman–Crippen MR) is 256 cm³/mol. The third-order valence-electron chi connectivity index (χ3n) is 15.2. The van der Waals surface area contributed by atoms with E-state index in [1.807, 2.05) is 0 Å². The fourth-order valence-electron chi connectivity index (χ4n) is 11.9. The molecule has 307 valence electrons. The Bertz CT molecular complexity index is 2030. The van der Waals surface area contributed by atoms with E-state index in [1.165, 1.54) is 113 Å². The van der Waals surface area contributed by atoms with E-state index < -0.39 is 21.5 Å². The number of allylic oxidation sites excluding steroid dienone is 2. The van der Waals surface area contributed by atoms with E-state index >= 15 is 0 Å². The van der Waals surface area contributed by atoms with Gasteiger partial charge in [0, 0.05) is 0 Å². The summed E-state index contributed by atoms with van der Waals surface area (Å²) in [4.78, 5) is 0. The molecule has 4 aromatic carbocycles. The van der Waals surface area contributed by atoms with Crippen molar-refractivity contribution in [3.05, 3.63) is 129 Å². The monoisotopic (exact) mass is 905 g/mol. The third-order valence-corrected chi connectivity index (χ3v) is 65.6. The van der Waals surface area contributed by atoms with E-state index in [2.05, 4.69) is 152 Å². The van der Waals surface area contributed by atoms with Gasteiger partial charge in [0.25, 0.3) is 0 Å². The van der Waals surface area contributed by atoms with E-state index in [4.69, 9.17) is 0 Å². The molecule has 2 saturated carbocycles. The van der Waals surface area contributed by atoms with Crippen LogP contribution in [0.15, 0.2) is 96.1 Å². The average Bonchev–Trinajstić information content (AvgIpc) is 4.02. The van der Waals surface area contributed by atoms with Gasteiger partial charge in [0.05, 0.1) is 0 Å². The minimum absolute atomic E-state index is 0.116. The van der Waals surface area contributed by atoms with Gasteiger partial charge in [-0.2, -0.15) is 0 Å². The van der Waals surface area contributed by atoms with Crippen LogP contribution in [0.2, 0.25) is 12.6 Å². The summed E-state index contributed by atoms with van der Waals surface area (Å²) < 4.78 is 0.278. The average molecular weight is 908 g/mol. The number of hydrogen-bond donors (Lipinski definition) is 0. The van der Waals surface area contributed by atoms with E-state index in [1.54, 1.807) is 11.1 Å². The van der Waals surface area contributed by atoms with Crippen LogP contribution in [-0.4, -0.2) is 5.92 Å². The Labute approximate surface area is 361 Å². The molecular formula is C54H69Cl2SiZr. The van der Waals surface area contributed by atoms with Crippen molar-refractivity contribution in [3.63, 3.8) is 0 Å². The maximum atomic E-state index is 9.25. The van der Waals surface area contributed by atoms with Gasteiger partial charge in [0.1, 0.15) is 0 Å². The first-order valence-electron chi connectivity index (χ1n) is 23.0. The van der Waals surface area contributed by atoms with Crippen molar-refractivity contribution < 1.29 is 15.6 Å². The molecule has 0 bridgehead atoms. The molecule has 3 unspecified atom stereocenters. The van der Waals surface area contributed by atoms with Gasteiger partial charge in [-0.3, -0.25) is 0 Å². The molecule has 0 heterocycles. The first-order valence-corrected chi connectivity index (χ1v) is 39.0. The molecule has 8 rings (SSSR count). The summed E-state index contributed by atoms with van der Waals surface area (Å²) in [7, 11) is 18.5. The summed E-state index contributed by atoms with van der Waals surface area (Å²) in [6.45, 7) is 18.8. The quantitative estimate of drug-likeness (QED) is 0.132. The Hall–Kier alpha value is -1.96. The number of rotatable bonds is 11. The van der Waals surface area contributed by atoms with E-state index in [0.29, 0.717) is 0 Å². The fourth-order valence-corrected chi connectivity index (χ4v) is 53.2. The van der Waals surface area contributed by atoms with Crippen molar-refractivity contribution >= 4 is 35.1 Å². The Morgan fingerprint density at radius 2 is 0.948 bits per heavy atom. The van der Waals surface area contributed by atoms with Crippen LogP contribution in [0, 0.1) is 11.8 Å². The molecule has 0 radical (unpaired) electrons. The summed E-state index contributed by atoms with van der Waals surface area (Å²) in [5.74, 6) is -0.270. The van der Waals surface area contributed by atoms with E-state index in [0.717, 1.165) is 31.1 Å². The summed E-state index contributed by atoms with van der Waals surface area (Å²) >= 11 is -5.05. The van der Waals surface area contributed by atoms with Gasteiger partial charge < -0.3 is 0 Å². The number of benzene rings is 4. The predicted octanol–water partition coefficient (Wildman–Crippen LogP) is 17.1. The van der Waals surface area contributed by atoms with Gasteiger partial charge in [-0.05, 0) is 0 Å². The first kappa shape index (κ1) is 42.7. The molecular weight excluding hydrogens is 839 g/mol. The van der Waals surface area contributed by atoms with Crippen molar-refractivity contribution in [1.29, 1.82) is 0 Å². The minimum atomic E-state index is -5.05. The number of halogens is 2. The van der Waals surface area contributed by atoms with Crippen LogP contribution in [0.4, 0.5) is 0 Å². The maximum absolute atomic E-state index is 9.25. The van der Waals surface area contributed by atoms with Crippen LogP contribution in [-0.2, 0) is 26.4 Å². The van der Waals surface area contributed by atoms with Crippen LogP contribution < -0.4 is 0 Å². The molecule has 4 aliphatic rings. The molecule has 0 N–H and O–H groups in total. The first-order chi connectivity index (χ1) is 27.6. The van der Waals surface area contributed by atoms with Crippen LogP contribution in [0.1, 0.15) is 160 Å². The van der Waals surface area contributed by atoms with Crippen LogP contribution in [0.3, 0.4) is 0 Å². The molecule has 0 saturated heterocycles. The Morgan fingerprint density at radius 3 is 1.29 bits per heavy atom. The van der Waals surface area contributed by atoms with Gasteiger partial charge in [0.2, 0.25) is 0 Å².